The zero-order valence-electron chi connectivity index (χ0n) is 10.6. The molecule has 0 aliphatic heterocycles. The fourth-order valence-corrected chi connectivity index (χ4v) is 2.03. The molecule has 0 saturated heterocycles. The SMILES string of the molecule is Cc1ccc(CN(C)C)n1-c1ccc(N)cc1. The number of rotatable bonds is 3. The van der Waals surface area contributed by atoms with Gasteiger partial charge in [0.05, 0.1) is 0 Å². The summed E-state index contributed by atoms with van der Waals surface area (Å²) in [6, 6.07) is 12.3. The third-order valence-electron chi connectivity index (χ3n) is 2.79. The summed E-state index contributed by atoms with van der Waals surface area (Å²) in [7, 11) is 4.16. The number of aryl methyl sites for hydroxylation is 1. The minimum Gasteiger partial charge on any atom is -0.399 e. The highest BCUT2D eigenvalue weighted by Gasteiger charge is 2.07. The summed E-state index contributed by atoms with van der Waals surface area (Å²) in [5, 5.41) is 0. The Hall–Kier alpha value is -1.74. The maximum absolute atomic E-state index is 5.72. The number of hydrogen-bond donors (Lipinski definition) is 1. The fraction of sp³-hybridized carbons (Fsp3) is 0.286. The van der Waals surface area contributed by atoms with Crippen LogP contribution in [0.2, 0.25) is 0 Å². The first-order valence-electron chi connectivity index (χ1n) is 5.76. The van der Waals surface area contributed by atoms with Crippen molar-refractivity contribution in [1.82, 2.24) is 9.47 Å². The van der Waals surface area contributed by atoms with E-state index >= 15 is 0 Å². The molecule has 1 aromatic heterocycles. The summed E-state index contributed by atoms with van der Waals surface area (Å²) < 4.78 is 2.26. The van der Waals surface area contributed by atoms with Crippen molar-refractivity contribution >= 4 is 5.69 Å². The number of aromatic nitrogens is 1. The molecule has 2 N–H and O–H groups in total. The highest BCUT2D eigenvalue weighted by molar-refractivity contribution is 5.47. The molecule has 3 nitrogen and oxygen atoms in total. The summed E-state index contributed by atoms with van der Waals surface area (Å²) in [6.07, 6.45) is 0. The van der Waals surface area contributed by atoms with Crippen molar-refractivity contribution in [2.24, 2.45) is 0 Å². The Labute approximate surface area is 102 Å². The molecule has 0 spiro atoms. The van der Waals surface area contributed by atoms with Crippen LogP contribution in [0.25, 0.3) is 5.69 Å². The molecule has 17 heavy (non-hydrogen) atoms. The van der Waals surface area contributed by atoms with Gasteiger partial charge < -0.3 is 15.2 Å². The molecule has 0 radical (unpaired) electrons. The Kier molecular flexibility index (Phi) is 3.20. The Morgan fingerprint density at radius 2 is 1.71 bits per heavy atom. The molecule has 0 unspecified atom stereocenters. The second kappa shape index (κ2) is 4.63. The monoisotopic (exact) mass is 229 g/mol. The molecular weight excluding hydrogens is 210 g/mol. The molecule has 0 atom stereocenters. The maximum atomic E-state index is 5.72. The summed E-state index contributed by atoms with van der Waals surface area (Å²) in [4.78, 5) is 2.17. The molecule has 3 heteroatoms. The van der Waals surface area contributed by atoms with Crippen LogP contribution in [-0.2, 0) is 6.54 Å². The van der Waals surface area contributed by atoms with Crippen LogP contribution in [-0.4, -0.2) is 23.6 Å². The van der Waals surface area contributed by atoms with Crippen molar-refractivity contribution in [3.8, 4) is 5.69 Å². The van der Waals surface area contributed by atoms with Gasteiger partial charge in [-0.15, -0.1) is 0 Å². The molecule has 0 fully saturated rings. The van der Waals surface area contributed by atoms with Crippen LogP contribution in [0.4, 0.5) is 5.69 Å². The number of nitrogen functional groups attached to an aromatic ring is 1. The van der Waals surface area contributed by atoms with Crippen molar-refractivity contribution in [3.63, 3.8) is 0 Å². The van der Waals surface area contributed by atoms with Crippen LogP contribution in [0, 0.1) is 6.92 Å². The van der Waals surface area contributed by atoms with Crippen LogP contribution >= 0.6 is 0 Å². The second-order valence-electron chi connectivity index (χ2n) is 4.63. The molecule has 90 valence electrons. The molecule has 0 bridgehead atoms. The van der Waals surface area contributed by atoms with Crippen molar-refractivity contribution < 1.29 is 0 Å². The van der Waals surface area contributed by atoms with E-state index in [-0.39, 0.29) is 0 Å². The van der Waals surface area contributed by atoms with E-state index in [9.17, 15) is 0 Å². The molecule has 1 heterocycles. The maximum Gasteiger partial charge on any atom is 0.0457 e. The number of nitrogens with two attached hydrogens (primary N) is 1. The van der Waals surface area contributed by atoms with E-state index in [2.05, 4.69) is 54.8 Å². The van der Waals surface area contributed by atoms with E-state index in [1.165, 1.54) is 17.1 Å². The lowest BCUT2D eigenvalue weighted by Crippen LogP contribution is -2.14. The lowest BCUT2D eigenvalue weighted by molar-refractivity contribution is 0.393. The molecule has 1 aromatic carbocycles. The van der Waals surface area contributed by atoms with E-state index in [1.807, 2.05) is 12.1 Å². The van der Waals surface area contributed by atoms with E-state index < -0.39 is 0 Å². The minimum atomic E-state index is 0.799. The summed E-state index contributed by atoms with van der Waals surface area (Å²) >= 11 is 0. The van der Waals surface area contributed by atoms with E-state index in [4.69, 9.17) is 5.73 Å². The molecule has 0 aliphatic rings. The van der Waals surface area contributed by atoms with Gasteiger partial charge in [0.2, 0.25) is 0 Å². The Balaban J connectivity index is 2.43. The average molecular weight is 229 g/mol. The molecule has 0 aliphatic carbocycles. The third-order valence-corrected chi connectivity index (χ3v) is 2.79. The Bertz CT molecular complexity index is 495. The lowest BCUT2D eigenvalue weighted by atomic mass is 10.2. The first-order valence-corrected chi connectivity index (χ1v) is 5.76. The summed E-state index contributed by atoms with van der Waals surface area (Å²) in [5.41, 5.74) is 10.2. The predicted molar refractivity (Wildman–Crippen MR) is 72.3 cm³/mol. The molecule has 2 aromatic rings. The van der Waals surface area contributed by atoms with E-state index in [0.717, 1.165) is 12.2 Å². The topological polar surface area (TPSA) is 34.2 Å². The van der Waals surface area contributed by atoms with Crippen molar-refractivity contribution in [3.05, 3.63) is 47.8 Å². The summed E-state index contributed by atoms with van der Waals surface area (Å²) in [6.45, 7) is 3.05. The number of hydrogen-bond acceptors (Lipinski definition) is 2. The first-order chi connectivity index (χ1) is 8.08. The highest BCUT2D eigenvalue weighted by atomic mass is 15.1. The molecule has 2 rings (SSSR count). The van der Waals surface area contributed by atoms with Gasteiger partial charge in [-0.3, -0.25) is 0 Å². The fourth-order valence-electron chi connectivity index (χ4n) is 2.03. The van der Waals surface area contributed by atoms with Gasteiger partial charge in [-0.05, 0) is 57.4 Å². The zero-order valence-corrected chi connectivity index (χ0v) is 10.6. The largest absolute Gasteiger partial charge is 0.399 e. The van der Waals surface area contributed by atoms with Gasteiger partial charge in [-0.1, -0.05) is 0 Å². The standard InChI is InChI=1S/C14H19N3/c1-11-4-7-14(10-16(2)3)17(11)13-8-5-12(15)6-9-13/h4-9H,10,15H2,1-3H3. The zero-order chi connectivity index (χ0) is 12.4. The molecular formula is C14H19N3. The highest BCUT2D eigenvalue weighted by Crippen LogP contribution is 2.18. The van der Waals surface area contributed by atoms with Crippen LogP contribution in [0.5, 0.6) is 0 Å². The number of anilines is 1. The Morgan fingerprint density at radius 3 is 2.29 bits per heavy atom. The normalized spacial score (nSPS) is 11.1. The minimum absolute atomic E-state index is 0.799. The predicted octanol–water partition coefficient (Wildman–Crippen LogP) is 2.43. The van der Waals surface area contributed by atoms with Gasteiger partial charge in [-0.25, -0.2) is 0 Å². The van der Waals surface area contributed by atoms with Gasteiger partial charge in [0.15, 0.2) is 0 Å². The van der Waals surface area contributed by atoms with Gasteiger partial charge in [-0.2, -0.15) is 0 Å². The van der Waals surface area contributed by atoms with Crippen molar-refractivity contribution in [1.29, 1.82) is 0 Å². The van der Waals surface area contributed by atoms with Crippen LogP contribution in [0.15, 0.2) is 36.4 Å². The van der Waals surface area contributed by atoms with E-state index in [0.29, 0.717) is 0 Å². The van der Waals surface area contributed by atoms with Crippen molar-refractivity contribution in [2.75, 3.05) is 19.8 Å². The molecule has 0 saturated carbocycles. The van der Waals surface area contributed by atoms with Gasteiger partial charge in [0.1, 0.15) is 0 Å². The van der Waals surface area contributed by atoms with Crippen LogP contribution in [0.1, 0.15) is 11.4 Å². The van der Waals surface area contributed by atoms with Crippen LogP contribution in [0.3, 0.4) is 0 Å². The number of benzene rings is 1. The smallest absolute Gasteiger partial charge is 0.0457 e. The lowest BCUT2D eigenvalue weighted by Gasteiger charge is -2.15. The average Bonchev–Trinajstić information content (AvgIpc) is 2.61. The van der Waals surface area contributed by atoms with Gasteiger partial charge in [0.25, 0.3) is 0 Å². The van der Waals surface area contributed by atoms with Gasteiger partial charge >= 0.3 is 0 Å². The third kappa shape index (κ3) is 2.50. The van der Waals surface area contributed by atoms with Crippen LogP contribution < -0.4 is 5.73 Å². The van der Waals surface area contributed by atoms with Gasteiger partial charge in [0, 0.05) is 29.3 Å². The van der Waals surface area contributed by atoms with Crippen molar-refractivity contribution in [2.45, 2.75) is 13.5 Å². The molecule has 0 amide bonds. The van der Waals surface area contributed by atoms with E-state index in [1.54, 1.807) is 0 Å². The second-order valence-corrected chi connectivity index (χ2v) is 4.63. The first kappa shape index (κ1) is 11.7. The quantitative estimate of drug-likeness (QED) is 0.820. The Morgan fingerprint density at radius 1 is 1.06 bits per heavy atom. The number of nitrogens with zero attached hydrogens (tertiary/aromatic N) is 2. The summed E-state index contributed by atoms with van der Waals surface area (Å²) in [5.74, 6) is 0.